The number of rotatable bonds is 6. The Hall–Kier alpha value is -1.06. The van der Waals surface area contributed by atoms with Gasteiger partial charge >= 0.3 is 5.97 Å². The molecule has 0 spiro atoms. The summed E-state index contributed by atoms with van der Waals surface area (Å²) in [6.45, 7) is 4.36. The Morgan fingerprint density at radius 1 is 1.20 bits per heavy atom. The van der Waals surface area contributed by atoms with Gasteiger partial charge in [-0.2, -0.15) is 0 Å². The number of hydrogen-bond acceptors (Lipinski definition) is 3. The molecular formula is C16H29NO3. The number of carbonyl (C=O) groups is 2. The predicted molar refractivity (Wildman–Crippen MR) is 79.3 cm³/mol. The average molecular weight is 283 g/mol. The van der Waals surface area contributed by atoms with Crippen LogP contribution < -0.4 is 0 Å². The second kappa shape index (κ2) is 8.98. The molecule has 0 N–H and O–H groups in total. The molecule has 1 fully saturated rings. The maximum atomic E-state index is 12.4. The van der Waals surface area contributed by atoms with Crippen LogP contribution in [0.15, 0.2) is 0 Å². The van der Waals surface area contributed by atoms with E-state index in [2.05, 4.69) is 0 Å². The number of nitrogens with zero attached hydrogens (tertiary/aromatic N) is 1. The van der Waals surface area contributed by atoms with E-state index in [0.717, 1.165) is 19.3 Å². The summed E-state index contributed by atoms with van der Waals surface area (Å²) in [5, 5.41) is 0. The third kappa shape index (κ3) is 5.14. The van der Waals surface area contributed by atoms with Gasteiger partial charge < -0.3 is 9.64 Å². The highest BCUT2D eigenvalue weighted by Crippen LogP contribution is 2.23. The molecule has 4 nitrogen and oxygen atoms in total. The summed E-state index contributed by atoms with van der Waals surface area (Å²) in [4.78, 5) is 25.9. The molecule has 0 aromatic heterocycles. The van der Waals surface area contributed by atoms with E-state index in [1.165, 1.54) is 32.8 Å². The van der Waals surface area contributed by atoms with Gasteiger partial charge in [0.1, 0.15) is 0 Å². The summed E-state index contributed by atoms with van der Waals surface area (Å²) >= 11 is 0. The molecule has 4 heteroatoms. The fraction of sp³-hybridized carbons (Fsp3) is 0.875. The molecule has 1 unspecified atom stereocenters. The van der Waals surface area contributed by atoms with E-state index in [-0.39, 0.29) is 17.8 Å². The van der Waals surface area contributed by atoms with Crippen LogP contribution in [0.1, 0.15) is 65.2 Å². The summed E-state index contributed by atoms with van der Waals surface area (Å²) in [6, 6.07) is 0.309. The molecule has 1 aliphatic rings. The molecule has 0 aromatic rings. The lowest BCUT2D eigenvalue weighted by Crippen LogP contribution is -2.44. The van der Waals surface area contributed by atoms with Crippen LogP contribution in [-0.4, -0.2) is 36.5 Å². The van der Waals surface area contributed by atoms with Crippen LogP contribution >= 0.6 is 0 Å². The Bertz CT molecular complexity index is 309. The quantitative estimate of drug-likeness (QED) is 0.555. The number of methoxy groups -OCH3 is 1. The molecule has 1 aliphatic carbocycles. The Kier molecular flexibility index (Phi) is 7.63. The third-order valence-corrected chi connectivity index (χ3v) is 4.12. The summed E-state index contributed by atoms with van der Waals surface area (Å²) in [6.07, 6.45) is 8.48. The van der Waals surface area contributed by atoms with E-state index in [1.54, 1.807) is 0 Å². The second-order valence-electron chi connectivity index (χ2n) is 5.87. The smallest absolute Gasteiger partial charge is 0.310 e. The number of esters is 1. The number of amides is 1. The third-order valence-electron chi connectivity index (χ3n) is 4.12. The molecule has 116 valence electrons. The van der Waals surface area contributed by atoms with Crippen molar-refractivity contribution < 1.29 is 14.3 Å². The van der Waals surface area contributed by atoms with Gasteiger partial charge in [-0.3, -0.25) is 9.59 Å². The fourth-order valence-electron chi connectivity index (χ4n) is 2.95. The monoisotopic (exact) mass is 283 g/mol. The molecule has 1 amide bonds. The van der Waals surface area contributed by atoms with Crippen LogP contribution in [0.25, 0.3) is 0 Å². The fourth-order valence-corrected chi connectivity index (χ4v) is 2.95. The molecule has 0 saturated heterocycles. The van der Waals surface area contributed by atoms with E-state index in [4.69, 9.17) is 4.74 Å². The molecule has 0 bridgehead atoms. The van der Waals surface area contributed by atoms with Gasteiger partial charge in [0.2, 0.25) is 5.91 Å². The molecule has 1 saturated carbocycles. The second-order valence-corrected chi connectivity index (χ2v) is 5.87. The predicted octanol–water partition coefficient (Wildman–Crippen LogP) is 3.15. The molecule has 1 atom stereocenters. The molecule has 0 heterocycles. The highest BCUT2D eigenvalue weighted by molar-refractivity contribution is 5.78. The van der Waals surface area contributed by atoms with Gasteiger partial charge in [0, 0.05) is 19.0 Å². The van der Waals surface area contributed by atoms with Gasteiger partial charge in [0.05, 0.1) is 13.0 Å². The molecule has 1 rings (SSSR count). The van der Waals surface area contributed by atoms with E-state index in [1.807, 2.05) is 18.7 Å². The summed E-state index contributed by atoms with van der Waals surface area (Å²) in [5.41, 5.74) is 0. The minimum absolute atomic E-state index is 0.190. The van der Waals surface area contributed by atoms with Crippen molar-refractivity contribution in [3.05, 3.63) is 0 Å². The van der Waals surface area contributed by atoms with E-state index in [9.17, 15) is 9.59 Å². The average Bonchev–Trinajstić information content (AvgIpc) is 2.72. The molecule has 20 heavy (non-hydrogen) atoms. The van der Waals surface area contributed by atoms with Crippen LogP contribution in [0.4, 0.5) is 0 Å². The maximum absolute atomic E-state index is 12.4. The van der Waals surface area contributed by atoms with Crippen LogP contribution in [-0.2, 0) is 14.3 Å². The lowest BCUT2D eigenvalue weighted by atomic mass is 10.0. The van der Waals surface area contributed by atoms with E-state index in [0.29, 0.717) is 19.0 Å². The van der Waals surface area contributed by atoms with Gasteiger partial charge in [-0.1, -0.05) is 39.5 Å². The number of carbonyl (C=O) groups excluding carboxylic acids is 2. The number of ether oxygens (including phenoxy) is 1. The van der Waals surface area contributed by atoms with Crippen molar-refractivity contribution in [3.63, 3.8) is 0 Å². The molecule has 0 aliphatic heterocycles. The largest absolute Gasteiger partial charge is 0.469 e. The zero-order chi connectivity index (χ0) is 15.0. The zero-order valence-corrected chi connectivity index (χ0v) is 13.2. The number of hydrogen-bond donors (Lipinski definition) is 0. The van der Waals surface area contributed by atoms with E-state index >= 15 is 0 Å². The van der Waals surface area contributed by atoms with Crippen molar-refractivity contribution in [1.29, 1.82) is 0 Å². The Balaban J connectivity index is 2.72. The van der Waals surface area contributed by atoms with Crippen molar-refractivity contribution in [2.24, 2.45) is 5.92 Å². The Morgan fingerprint density at radius 2 is 1.80 bits per heavy atom. The standard InChI is InChI=1S/C16H29NO3/c1-4-9-15(18)17(12-13(2)16(19)20-3)14-10-7-5-6-8-11-14/h13-14H,4-12H2,1-3H3. The minimum atomic E-state index is -0.246. The first kappa shape index (κ1) is 17.0. The van der Waals surface area contributed by atoms with Crippen LogP contribution in [0.3, 0.4) is 0 Å². The first-order chi connectivity index (χ1) is 9.60. The highest BCUT2D eigenvalue weighted by atomic mass is 16.5. The van der Waals surface area contributed by atoms with Crippen molar-refractivity contribution in [1.82, 2.24) is 4.90 Å². The highest BCUT2D eigenvalue weighted by Gasteiger charge is 2.27. The SMILES string of the molecule is CCCC(=O)N(CC(C)C(=O)OC)C1CCCCCC1. The lowest BCUT2D eigenvalue weighted by Gasteiger charge is -2.33. The van der Waals surface area contributed by atoms with Crippen LogP contribution in [0.2, 0.25) is 0 Å². The van der Waals surface area contributed by atoms with Gasteiger partial charge in [-0.15, -0.1) is 0 Å². The van der Waals surface area contributed by atoms with E-state index < -0.39 is 0 Å². The van der Waals surface area contributed by atoms with Crippen molar-refractivity contribution in [2.45, 2.75) is 71.3 Å². The van der Waals surface area contributed by atoms with Gasteiger partial charge in [0.25, 0.3) is 0 Å². The molecule has 0 aromatic carbocycles. The van der Waals surface area contributed by atoms with Gasteiger partial charge in [0.15, 0.2) is 0 Å². The maximum Gasteiger partial charge on any atom is 0.310 e. The Labute approximate surface area is 122 Å². The van der Waals surface area contributed by atoms with Crippen molar-refractivity contribution >= 4 is 11.9 Å². The molecular weight excluding hydrogens is 254 g/mol. The summed E-state index contributed by atoms with van der Waals surface area (Å²) in [5.74, 6) is -0.285. The van der Waals surface area contributed by atoms with Crippen molar-refractivity contribution in [2.75, 3.05) is 13.7 Å². The summed E-state index contributed by atoms with van der Waals surface area (Å²) in [7, 11) is 1.41. The first-order valence-corrected chi connectivity index (χ1v) is 7.97. The van der Waals surface area contributed by atoms with Crippen LogP contribution in [0, 0.1) is 5.92 Å². The topological polar surface area (TPSA) is 46.6 Å². The Morgan fingerprint density at radius 3 is 2.30 bits per heavy atom. The first-order valence-electron chi connectivity index (χ1n) is 7.97. The molecule has 0 radical (unpaired) electrons. The zero-order valence-electron chi connectivity index (χ0n) is 13.2. The van der Waals surface area contributed by atoms with Crippen LogP contribution in [0.5, 0.6) is 0 Å². The van der Waals surface area contributed by atoms with Gasteiger partial charge in [-0.05, 0) is 19.3 Å². The minimum Gasteiger partial charge on any atom is -0.469 e. The van der Waals surface area contributed by atoms with Crippen molar-refractivity contribution in [3.8, 4) is 0 Å². The normalized spacial score (nSPS) is 18.1. The summed E-state index contributed by atoms with van der Waals surface area (Å²) < 4.78 is 4.79. The lowest BCUT2D eigenvalue weighted by molar-refractivity contribution is -0.147. The van der Waals surface area contributed by atoms with Gasteiger partial charge in [-0.25, -0.2) is 0 Å².